The summed E-state index contributed by atoms with van der Waals surface area (Å²) in [7, 11) is 0. The van der Waals surface area contributed by atoms with Gasteiger partial charge in [0, 0.05) is 49.6 Å². The molecule has 10 heteroatoms. The van der Waals surface area contributed by atoms with Gasteiger partial charge in [-0.15, -0.1) is 0 Å². The molecule has 1 N–H and O–H groups in total. The fourth-order valence-electron chi connectivity index (χ4n) is 3.85. The number of hydrogen-bond acceptors (Lipinski definition) is 7. The number of nitrogens with zero attached hydrogens (tertiary/aromatic N) is 3. The van der Waals surface area contributed by atoms with Crippen molar-refractivity contribution in [2.24, 2.45) is 0 Å². The van der Waals surface area contributed by atoms with Crippen LogP contribution in [0.5, 0.6) is 0 Å². The molecule has 4 rings (SSSR count). The highest BCUT2D eigenvalue weighted by Gasteiger charge is 2.23. The van der Waals surface area contributed by atoms with Gasteiger partial charge < -0.3 is 19.9 Å². The quantitative estimate of drug-likeness (QED) is 0.307. The predicted molar refractivity (Wildman–Crippen MR) is 133 cm³/mol. The van der Waals surface area contributed by atoms with E-state index in [4.69, 9.17) is 4.74 Å². The summed E-state index contributed by atoms with van der Waals surface area (Å²) in [5.74, 6) is -1.40. The summed E-state index contributed by atoms with van der Waals surface area (Å²) in [6.45, 7) is 1.53. The molecule has 0 aromatic heterocycles. The van der Waals surface area contributed by atoms with Crippen LogP contribution in [-0.4, -0.2) is 60.4 Å². The number of non-ortho nitro benzene ring substituents is 1. The minimum atomic E-state index is -0.711. The van der Waals surface area contributed by atoms with Crippen molar-refractivity contribution in [3.8, 4) is 0 Å². The largest absolute Gasteiger partial charge is 0.452 e. The highest BCUT2D eigenvalue weighted by Crippen LogP contribution is 2.21. The van der Waals surface area contributed by atoms with Crippen molar-refractivity contribution in [1.82, 2.24) is 4.90 Å². The Hall–Kier alpha value is -4.73. The molecule has 0 spiro atoms. The average molecular weight is 489 g/mol. The number of piperazine rings is 1. The molecule has 2 amide bonds. The third kappa shape index (κ3) is 5.84. The van der Waals surface area contributed by atoms with Gasteiger partial charge in [-0.25, -0.2) is 4.79 Å². The molecule has 0 unspecified atom stereocenters. The van der Waals surface area contributed by atoms with Crippen LogP contribution in [-0.2, 0) is 9.53 Å². The Morgan fingerprint density at radius 2 is 1.50 bits per heavy atom. The second-order valence-electron chi connectivity index (χ2n) is 8.08. The number of esters is 1. The van der Waals surface area contributed by atoms with E-state index in [2.05, 4.69) is 5.32 Å². The van der Waals surface area contributed by atoms with Crippen LogP contribution in [0.3, 0.4) is 0 Å². The van der Waals surface area contributed by atoms with Gasteiger partial charge in [-0.3, -0.25) is 19.7 Å². The molecule has 1 heterocycles. The SMILES string of the molecule is O=C(Nc1ccccc1C(=O)OCC(=O)N1CCN(c2ccc([N+](=O)[O-])cc2)CC1)c1ccccc1. The first-order chi connectivity index (χ1) is 17.4. The lowest BCUT2D eigenvalue weighted by atomic mass is 10.1. The number of carbonyl (C=O) groups is 3. The van der Waals surface area contributed by atoms with Crippen molar-refractivity contribution in [3.63, 3.8) is 0 Å². The molecule has 0 bridgehead atoms. The molecule has 1 aliphatic rings. The number of nitrogens with one attached hydrogen (secondary N) is 1. The minimum Gasteiger partial charge on any atom is -0.452 e. The van der Waals surface area contributed by atoms with Crippen LogP contribution in [0.15, 0.2) is 78.9 Å². The van der Waals surface area contributed by atoms with Gasteiger partial charge in [0.15, 0.2) is 6.61 Å². The molecule has 1 aliphatic heterocycles. The molecule has 0 atom stereocenters. The van der Waals surface area contributed by atoms with Gasteiger partial charge >= 0.3 is 5.97 Å². The smallest absolute Gasteiger partial charge is 0.340 e. The van der Waals surface area contributed by atoms with Crippen LogP contribution in [0.2, 0.25) is 0 Å². The number of rotatable bonds is 7. The highest BCUT2D eigenvalue weighted by atomic mass is 16.6. The van der Waals surface area contributed by atoms with Crippen molar-refractivity contribution < 1.29 is 24.0 Å². The number of carbonyl (C=O) groups excluding carboxylic acids is 3. The second-order valence-corrected chi connectivity index (χ2v) is 8.08. The lowest BCUT2D eigenvalue weighted by Crippen LogP contribution is -2.49. The fourth-order valence-corrected chi connectivity index (χ4v) is 3.85. The van der Waals surface area contributed by atoms with Crippen molar-refractivity contribution in [2.75, 3.05) is 43.0 Å². The molecular formula is C26H24N4O6. The standard InChI is InChI=1S/C26H24N4O6/c31-24(29-16-14-28(15-17-29)20-10-12-21(13-11-20)30(34)35)18-36-26(33)22-8-4-5-9-23(22)27-25(32)19-6-2-1-3-7-19/h1-13H,14-18H2,(H,27,32). The summed E-state index contributed by atoms with van der Waals surface area (Å²) in [4.78, 5) is 51.8. The fraction of sp³-hybridized carbons (Fsp3) is 0.192. The van der Waals surface area contributed by atoms with Crippen LogP contribution in [0.1, 0.15) is 20.7 Å². The number of nitro groups is 1. The molecule has 3 aromatic carbocycles. The first kappa shape index (κ1) is 24.4. The van der Waals surface area contributed by atoms with Crippen LogP contribution in [0, 0.1) is 10.1 Å². The van der Waals surface area contributed by atoms with E-state index in [1.54, 1.807) is 65.6 Å². The number of nitro benzene ring substituents is 1. The number of para-hydroxylation sites is 1. The average Bonchev–Trinajstić information content (AvgIpc) is 2.92. The Kier molecular flexibility index (Phi) is 7.54. The van der Waals surface area contributed by atoms with Gasteiger partial charge in [-0.2, -0.15) is 0 Å². The summed E-state index contributed by atoms with van der Waals surface area (Å²) in [5.41, 5.74) is 1.76. The third-order valence-corrected chi connectivity index (χ3v) is 5.82. The molecule has 0 radical (unpaired) electrons. The summed E-state index contributed by atoms with van der Waals surface area (Å²) in [5, 5.41) is 13.5. The lowest BCUT2D eigenvalue weighted by Gasteiger charge is -2.36. The molecule has 0 aliphatic carbocycles. The van der Waals surface area contributed by atoms with E-state index in [9.17, 15) is 24.5 Å². The zero-order valence-corrected chi connectivity index (χ0v) is 19.3. The molecule has 3 aromatic rings. The minimum absolute atomic E-state index is 0.0237. The molecule has 0 saturated carbocycles. The van der Waals surface area contributed by atoms with E-state index in [0.29, 0.717) is 37.4 Å². The van der Waals surface area contributed by atoms with Gasteiger partial charge in [-0.1, -0.05) is 30.3 Å². The van der Waals surface area contributed by atoms with E-state index in [-0.39, 0.29) is 23.1 Å². The van der Waals surface area contributed by atoms with Gasteiger partial charge in [0.1, 0.15) is 0 Å². The normalized spacial score (nSPS) is 13.1. The van der Waals surface area contributed by atoms with Crippen LogP contribution < -0.4 is 10.2 Å². The van der Waals surface area contributed by atoms with Crippen LogP contribution >= 0.6 is 0 Å². The van der Waals surface area contributed by atoms with Gasteiger partial charge in [0.2, 0.25) is 0 Å². The van der Waals surface area contributed by atoms with E-state index < -0.39 is 17.5 Å². The number of anilines is 2. The maximum absolute atomic E-state index is 12.7. The first-order valence-electron chi connectivity index (χ1n) is 11.3. The van der Waals surface area contributed by atoms with E-state index in [1.807, 2.05) is 4.90 Å². The van der Waals surface area contributed by atoms with Crippen molar-refractivity contribution in [1.29, 1.82) is 0 Å². The molecule has 1 fully saturated rings. The zero-order valence-electron chi connectivity index (χ0n) is 19.3. The summed E-state index contributed by atoms with van der Waals surface area (Å²) >= 11 is 0. The van der Waals surface area contributed by atoms with Gasteiger partial charge in [0.05, 0.1) is 16.2 Å². The monoisotopic (exact) mass is 488 g/mol. The van der Waals surface area contributed by atoms with Crippen molar-refractivity contribution in [2.45, 2.75) is 0 Å². The second kappa shape index (κ2) is 11.1. The maximum Gasteiger partial charge on any atom is 0.340 e. The number of amides is 2. The first-order valence-corrected chi connectivity index (χ1v) is 11.3. The highest BCUT2D eigenvalue weighted by molar-refractivity contribution is 6.08. The molecule has 36 heavy (non-hydrogen) atoms. The Morgan fingerprint density at radius 1 is 0.861 bits per heavy atom. The number of ether oxygens (including phenoxy) is 1. The third-order valence-electron chi connectivity index (χ3n) is 5.82. The van der Waals surface area contributed by atoms with Crippen LogP contribution in [0.4, 0.5) is 17.1 Å². The van der Waals surface area contributed by atoms with Crippen molar-refractivity contribution >= 4 is 34.8 Å². The molecule has 10 nitrogen and oxygen atoms in total. The van der Waals surface area contributed by atoms with Gasteiger partial charge in [-0.05, 0) is 36.4 Å². The Labute approximate surface area is 207 Å². The predicted octanol–water partition coefficient (Wildman–Crippen LogP) is 3.35. The summed E-state index contributed by atoms with van der Waals surface area (Å²) in [6.07, 6.45) is 0. The topological polar surface area (TPSA) is 122 Å². The number of hydrogen-bond donors (Lipinski definition) is 1. The Bertz CT molecular complexity index is 1250. The van der Waals surface area contributed by atoms with Crippen LogP contribution in [0.25, 0.3) is 0 Å². The Balaban J connectivity index is 1.29. The molecule has 1 saturated heterocycles. The van der Waals surface area contributed by atoms with E-state index in [0.717, 1.165) is 5.69 Å². The number of benzene rings is 3. The summed E-state index contributed by atoms with van der Waals surface area (Å²) < 4.78 is 5.26. The molecule has 184 valence electrons. The zero-order chi connectivity index (χ0) is 25.5. The van der Waals surface area contributed by atoms with E-state index >= 15 is 0 Å². The maximum atomic E-state index is 12.7. The van der Waals surface area contributed by atoms with Gasteiger partial charge in [0.25, 0.3) is 17.5 Å². The van der Waals surface area contributed by atoms with Crippen molar-refractivity contribution in [3.05, 3.63) is 100 Å². The van der Waals surface area contributed by atoms with E-state index in [1.165, 1.54) is 18.2 Å². The molecular weight excluding hydrogens is 464 g/mol. The Morgan fingerprint density at radius 3 is 2.17 bits per heavy atom. The summed E-state index contributed by atoms with van der Waals surface area (Å²) in [6, 6.07) is 21.3. The lowest BCUT2D eigenvalue weighted by molar-refractivity contribution is -0.384.